The molecule has 1 N–H and O–H groups in total. The lowest BCUT2D eigenvalue weighted by molar-refractivity contribution is -0.119. The monoisotopic (exact) mass is 420 g/mol. The summed E-state index contributed by atoms with van der Waals surface area (Å²) in [7, 11) is -3.73. The molecule has 1 aliphatic heterocycles. The molecule has 0 bridgehead atoms. The molecule has 0 spiro atoms. The zero-order valence-corrected chi connectivity index (χ0v) is 16.7. The van der Waals surface area contributed by atoms with Crippen LogP contribution < -0.4 is 5.32 Å². The number of fused-ring (bicyclic) bond motifs is 1. The molecule has 0 radical (unpaired) electrons. The Morgan fingerprint density at radius 3 is 2.63 bits per heavy atom. The first-order valence-corrected chi connectivity index (χ1v) is 11.2. The summed E-state index contributed by atoms with van der Waals surface area (Å²) in [4.78, 5) is 12.8. The fourth-order valence-corrected chi connectivity index (χ4v) is 6.60. The maximum absolute atomic E-state index is 12.9. The van der Waals surface area contributed by atoms with Crippen LogP contribution in [0.3, 0.4) is 0 Å². The Kier molecular flexibility index (Phi) is 4.94. The van der Waals surface area contributed by atoms with E-state index in [0.29, 0.717) is 29.4 Å². The summed E-state index contributed by atoms with van der Waals surface area (Å²) in [5.41, 5.74) is 0.655. The van der Waals surface area contributed by atoms with E-state index in [2.05, 4.69) is 5.32 Å². The molecule has 1 atom stereocenters. The highest BCUT2D eigenvalue weighted by Crippen LogP contribution is 2.32. The van der Waals surface area contributed by atoms with E-state index in [4.69, 9.17) is 11.6 Å². The van der Waals surface area contributed by atoms with Crippen molar-refractivity contribution in [3.8, 4) is 0 Å². The van der Waals surface area contributed by atoms with Crippen LogP contribution in [0, 0.1) is 0 Å². The van der Waals surface area contributed by atoms with Gasteiger partial charge in [-0.25, -0.2) is 8.42 Å². The summed E-state index contributed by atoms with van der Waals surface area (Å²) in [5.74, 6) is -0.311. The number of nitrogens with one attached hydrogen (secondary N) is 1. The zero-order chi connectivity index (χ0) is 19.0. The van der Waals surface area contributed by atoms with Gasteiger partial charge in [-0.3, -0.25) is 4.79 Å². The lowest BCUT2D eigenvalue weighted by Crippen LogP contribution is -2.42. The number of nitrogens with zero attached hydrogens (tertiary/aromatic N) is 1. The number of halogens is 1. The minimum atomic E-state index is -3.73. The van der Waals surface area contributed by atoms with Crippen molar-refractivity contribution in [2.45, 2.75) is 23.1 Å². The number of sulfonamides is 1. The third-order valence-corrected chi connectivity index (χ3v) is 8.24. The van der Waals surface area contributed by atoms with Gasteiger partial charge in [-0.05, 0) is 47.9 Å². The van der Waals surface area contributed by atoms with Crippen molar-refractivity contribution in [2.75, 3.05) is 11.9 Å². The van der Waals surface area contributed by atoms with Crippen LogP contribution in [0.4, 0.5) is 5.69 Å². The Bertz CT molecular complexity index is 1110. The van der Waals surface area contributed by atoms with Crippen molar-refractivity contribution >= 4 is 55.3 Å². The highest BCUT2D eigenvalue weighted by atomic mass is 35.5. The average molecular weight is 421 g/mol. The Labute approximate surface area is 166 Å². The number of amides is 1. The topological polar surface area (TPSA) is 66.5 Å². The molecule has 0 aliphatic carbocycles. The normalized spacial score (nSPS) is 18.0. The van der Waals surface area contributed by atoms with Crippen molar-refractivity contribution in [3.63, 3.8) is 0 Å². The summed E-state index contributed by atoms with van der Waals surface area (Å²) in [6.45, 7) is 0.327. The zero-order valence-electron chi connectivity index (χ0n) is 14.3. The minimum absolute atomic E-state index is 0.165. The molecular formula is C19H17ClN2O3S2. The van der Waals surface area contributed by atoms with Crippen LogP contribution >= 0.6 is 22.9 Å². The Morgan fingerprint density at radius 1 is 1.11 bits per heavy atom. The van der Waals surface area contributed by atoms with Gasteiger partial charge in [-0.15, -0.1) is 11.3 Å². The summed E-state index contributed by atoms with van der Waals surface area (Å²) in [5, 5.41) is 4.96. The highest BCUT2D eigenvalue weighted by Gasteiger charge is 2.40. The van der Waals surface area contributed by atoms with Gasteiger partial charge in [-0.1, -0.05) is 41.9 Å². The van der Waals surface area contributed by atoms with E-state index in [1.807, 2.05) is 42.5 Å². The van der Waals surface area contributed by atoms with Crippen molar-refractivity contribution in [2.24, 2.45) is 0 Å². The van der Waals surface area contributed by atoms with Gasteiger partial charge in [-0.2, -0.15) is 4.31 Å². The first kappa shape index (κ1) is 18.4. The predicted octanol–water partition coefficient (Wildman–Crippen LogP) is 4.35. The van der Waals surface area contributed by atoms with Gasteiger partial charge >= 0.3 is 0 Å². The van der Waals surface area contributed by atoms with E-state index < -0.39 is 16.1 Å². The van der Waals surface area contributed by atoms with Crippen molar-refractivity contribution in [1.29, 1.82) is 0 Å². The van der Waals surface area contributed by atoms with Gasteiger partial charge in [0.25, 0.3) is 10.0 Å². The van der Waals surface area contributed by atoms with E-state index in [0.717, 1.165) is 22.1 Å². The summed E-state index contributed by atoms with van der Waals surface area (Å²) in [6.07, 6.45) is 1.14. The number of hydrogen-bond donors (Lipinski definition) is 1. The van der Waals surface area contributed by atoms with Gasteiger partial charge in [0, 0.05) is 12.2 Å². The predicted molar refractivity (Wildman–Crippen MR) is 109 cm³/mol. The Morgan fingerprint density at radius 2 is 1.89 bits per heavy atom. The van der Waals surface area contributed by atoms with Crippen LogP contribution in [0.5, 0.6) is 0 Å². The molecule has 27 heavy (non-hydrogen) atoms. The maximum Gasteiger partial charge on any atom is 0.253 e. The van der Waals surface area contributed by atoms with Gasteiger partial charge in [0.05, 0.1) is 4.34 Å². The molecule has 2 aromatic carbocycles. The Hall–Kier alpha value is -1.93. The fourth-order valence-electron chi connectivity index (χ4n) is 3.33. The number of benzene rings is 2. The second-order valence-electron chi connectivity index (χ2n) is 6.38. The number of anilines is 1. The molecule has 1 amide bonds. The number of carbonyl (C=O) groups is 1. The molecular weight excluding hydrogens is 404 g/mol. The van der Waals surface area contributed by atoms with Crippen molar-refractivity contribution in [1.82, 2.24) is 4.31 Å². The number of rotatable bonds is 4. The summed E-state index contributed by atoms with van der Waals surface area (Å²) >= 11 is 6.89. The number of hydrogen-bond acceptors (Lipinski definition) is 4. The van der Waals surface area contributed by atoms with Crippen molar-refractivity contribution < 1.29 is 13.2 Å². The molecule has 140 valence electrons. The molecule has 1 aliphatic rings. The third-order valence-electron chi connectivity index (χ3n) is 4.63. The van der Waals surface area contributed by atoms with Gasteiger partial charge in [0.2, 0.25) is 5.91 Å². The van der Waals surface area contributed by atoms with Crippen LogP contribution in [0.15, 0.2) is 58.8 Å². The second-order valence-corrected chi connectivity index (χ2v) is 10.2. The molecule has 2 heterocycles. The molecule has 0 unspecified atom stereocenters. The number of carbonyl (C=O) groups excluding carboxylic acids is 1. The number of thiophene rings is 1. The van der Waals surface area contributed by atoms with E-state index in [9.17, 15) is 13.2 Å². The first-order valence-electron chi connectivity index (χ1n) is 8.52. The van der Waals surface area contributed by atoms with E-state index >= 15 is 0 Å². The molecule has 4 rings (SSSR count). The van der Waals surface area contributed by atoms with Crippen molar-refractivity contribution in [3.05, 3.63) is 58.9 Å². The largest absolute Gasteiger partial charge is 0.325 e. The van der Waals surface area contributed by atoms with Crippen LogP contribution in [0.2, 0.25) is 4.34 Å². The maximum atomic E-state index is 12.9. The van der Waals surface area contributed by atoms with Crippen LogP contribution in [0.25, 0.3) is 10.8 Å². The highest BCUT2D eigenvalue weighted by molar-refractivity contribution is 7.91. The molecule has 1 fully saturated rings. The lowest BCUT2D eigenvalue weighted by Gasteiger charge is -2.22. The fraction of sp³-hybridized carbons (Fsp3) is 0.211. The SMILES string of the molecule is O=C(Nc1ccc2ccccc2c1)[C@H]1CCCN1S(=O)(=O)c1ccc(Cl)s1. The molecule has 1 aromatic heterocycles. The molecule has 0 saturated carbocycles. The van der Waals surface area contributed by atoms with E-state index in [1.165, 1.54) is 10.4 Å². The summed E-state index contributed by atoms with van der Waals surface area (Å²) < 4.78 is 27.6. The van der Waals surface area contributed by atoms with Gasteiger partial charge < -0.3 is 5.32 Å². The molecule has 3 aromatic rings. The first-order chi connectivity index (χ1) is 12.9. The van der Waals surface area contributed by atoms with E-state index in [1.54, 1.807) is 6.07 Å². The Balaban J connectivity index is 1.56. The standard InChI is InChI=1S/C19H17ClN2O3S2/c20-17-9-10-18(26-17)27(24,25)22-11-3-6-16(22)19(23)21-15-8-7-13-4-1-2-5-14(13)12-15/h1-2,4-5,7-10,12,16H,3,6,11H2,(H,21,23)/t16-/m1/s1. The molecule has 8 heteroatoms. The van der Waals surface area contributed by atoms with Crippen LogP contribution in [-0.4, -0.2) is 31.2 Å². The van der Waals surface area contributed by atoms with Crippen LogP contribution in [0.1, 0.15) is 12.8 Å². The van der Waals surface area contributed by atoms with E-state index in [-0.39, 0.29) is 10.1 Å². The molecule has 1 saturated heterocycles. The third kappa shape index (κ3) is 3.60. The summed E-state index contributed by atoms with van der Waals surface area (Å²) in [6, 6.07) is 15.8. The quantitative estimate of drug-likeness (QED) is 0.682. The smallest absolute Gasteiger partial charge is 0.253 e. The van der Waals surface area contributed by atoms with Gasteiger partial charge in [0.1, 0.15) is 10.3 Å². The second kappa shape index (κ2) is 7.24. The average Bonchev–Trinajstić information content (AvgIpc) is 3.31. The lowest BCUT2D eigenvalue weighted by atomic mass is 10.1. The molecule has 5 nitrogen and oxygen atoms in total. The van der Waals surface area contributed by atoms with Crippen LogP contribution in [-0.2, 0) is 14.8 Å². The minimum Gasteiger partial charge on any atom is -0.325 e. The van der Waals surface area contributed by atoms with Gasteiger partial charge in [0.15, 0.2) is 0 Å².